The highest BCUT2D eigenvalue weighted by molar-refractivity contribution is 5.06. The highest BCUT2D eigenvalue weighted by Gasteiger charge is 2.28. The smallest absolute Gasteiger partial charge is 0.127 e. The van der Waals surface area contributed by atoms with Crippen molar-refractivity contribution in [1.82, 2.24) is 14.9 Å². The molecule has 0 aromatic carbocycles. The Balaban J connectivity index is 2.03. The van der Waals surface area contributed by atoms with E-state index in [9.17, 15) is 5.11 Å². The molecule has 0 spiro atoms. The lowest BCUT2D eigenvalue weighted by molar-refractivity contribution is 0.0155. The molecule has 1 aromatic heterocycles. The highest BCUT2D eigenvalue weighted by Crippen LogP contribution is 2.24. The molecule has 0 bridgehead atoms. The summed E-state index contributed by atoms with van der Waals surface area (Å²) in [5, 5.41) is 10.3. The molecule has 20 heavy (non-hydrogen) atoms. The van der Waals surface area contributed by atoms with Gasteiger partial charge in [-0.1, -0.05) is 26.7 Å². The lowest BCUT2D eigenvalue weighted by Gasteiger charge is -2.37. The second-order valence-corrected chi connectivity index (χ2v) is 5.75. The third kappa shape index (κ3) is 4.00. The van der Waals surface area contributed by atoms with E-state index in [2.05, 4.69) is 28.7 Å². The first-order valence-corrected chi connectivity index (χ1v) is 7.96. The van der Waals surface area contributed by atoms with Crippen LogP contribution in [0.25, 0.3) is 0 Å². The summed E-state index contributed by atoms with van der Waals surface area (Å²) in [4.78, 5) is 11.2. The fourth-order valence-electron chi connectivity index (χ4n) is 3.05. The fraction of sp³-hybridized carbons (Fsp3) is 0.750. The summed E-state index contributed by atoms with van der Waals surface area (Å²) in [6, 6.07) is 0.301. The minimum Gasteiger partial charge on any atom is -0.391 e. The van der Waals surface area contributed by atoms with Crippen LogP contribution in [0.4, 0.5) is 0 Å². The van der Waals surface area contributed by atoms with Crippen LogP contribution in [0, 0.1) is 0 Å². The second-order valence-electron chi connectivity index (χ2n) is 5.75. The van der Waals surface area contributed by atoms with Crippen LogP contribution >= 0.6 is 0 Å². The van der Waals surface area contributed by atoms with E-state index in [0.717, 1.165) is 56.6 Å². The molecule has 0 amide bonds. The number of aryl methyl sites for hydroxylation is 1. The van der Waals surface area contributed by atoms with Crippen molar-refractivity contribution < 1.29 is 5.11 Å². The number of aromatic nitrogens is 2. The SMILES string of the molecule is CCCN(Cc1cnc(CC)nc1)[C@@H]1CCCC[C@H]1O. The molecule has 0 unspecified atom stereocenters. The molecule has 0 aliphatic heterocycles. The maximum Gasteiger partial charge on any atom is 0.127 e. The Hall–Kier alpha value is -1.00. The molecule has 1 fully saturated rings. The van der Waals surface area contributed by atoms with Crippen LogP contribution in [0.2, 0.25) is 0 Å². The predicted octanol–water partition coefficient (Wildman–Crippen LogP) is 2.55. The van der Waals surface area contributed by atoms with Crippen LogP contribution in [0.3, 0.4) is 0 Å². The van der Waals surface area contributed by atoms with Crippen LogP contribution < -0.4 is 0 Å². The summed E-state index contributed by atoms with van der Waals surface area (Å²) in [7, 11) is 0. The molecule has 112 valence electrons. The Bertz CT molecular complexity index is 393. The molecule has 1 heterocycles. The van der Waals surface area contributed by atoms with Gasteiger partial charge >= 0.3 is 0 Å². The van der Waals surface area contributed by atoms with Gasteiger partial charge in [-0.05, 0) is 25.8 Å². The van der Waals surface area contributed by atoms with Crippen molar-refractivity contribution in [3.05, 3.63) is 23.8 Å². The summed E-state index contributed by atoms with van der Waals surface area (Å²) in [5.74, 6) is 0.897. The monoisotopic (exact) mass is 277 g/mol. The molecule has 4 nitrogen and oxygen atoms in total. The van der Waals surface area contributed by atoms with Crippen molar-refractivity contribution in [2.75, 3.05) is 6.54 Å². The van der Waals surface area contributed by atoms with Crippen molar-refractivity contribution in [1.29, 1.82) is 0 Å². The van der Waals surface area contributed by atoms with Crippen LogP contribution in [-0.4, -0.2) is 38.7 Å². The van der Waals surface area contributed by atoms with E-state index >= 15 is 0 Å². The number of hydrogen-bond acceptors (Lipinski definition) is 4. The Kier molecular flexibility index (Phi) is 5.92. The third-order valence-corrected chi connectivity index (χ3v) is 4.13. The van der Waals surface area contributed by atoms with Gasteiger partial charge in [0.2, 0.25) is 0 Å². The minimum atomic E-state index is -0.175. The molecule has 2 rings (SSSR count). The molecule has 2 atom stereocenters. The van der Waals surface area contributed by atoms with E-state index in [-0.39, 0.29) is 6.10 Å². The zero-order chi connectivity index (χ0) is 14.4. The number of hydrogen-bond donors (Lipinski definition) is 1. The van der Waals surface area contributed by atoms with E-state index in [1.807, 2.05) is 12.4 Å². The molecule has 1 aliphatic carbocycles. The number of nitrogens with zero attached hydrogens (tertiary/aromatic N) is 3. The van der Waals surface area contributed by atoms with Gasteiger partial charge in [-0.15, -0.1) is 0 Å². The van der Waals surface area contributed by atoms with E-state index in [0.29, 0.717) is 6.04 Å². The van der Waals surface area contributed by atoms with E-state index < -0.39 is 0 Å². The van der Waals surface area contributed by atoms with Gasteiger partial charge < -0.3 is 5.11 Å². The Morgan fingerprint density at radius 2 is 1.90 bits per heavy atom. The van der Waals surface area contributed by atoms with Gasteiger partial charge in [0.15, 0.2) is 0 Å². The first-order chi connectivity index (χ1) is 9.74. The average molecular weight is 277 g/mol. The van der Waals surface area contributed by atoms with Gasteiger partial charge in [0.1, 0.15) is 5.82 Å². The largest absolute Gasteiger partial charge is 0.391 e. The highest BCUT2D eigenvalue weighted by atomic mass is 16.3. The van der Waals surface area contributed by atoms with Crippen molar-refractivity contribution in [2.24, 2.45) is 0 Å². The molecule has 1 N–H and O–H groups in total. The Morgan fingerprint density at radius 1 is 1.20 bits per heavy atom. The summed E-state index contributed by atoms with van der Waals surface area (Å²) in [5.41, 5.74) is 1.15. The lowest BCUT2D eigenvalue weighted by Crippen LogP contribution is -2.45. The van der Waals surface area contributed by atoms with Gasteiger partial charge in [-0.3, -0.25) is 4.90 Å². The van der Waals surface area contributed by atoms with Crippen LogP contribution in [0.1, 0.15) is 57.3 Å². The lowest BCUT2D eigenvalue weighted by atomic mass is 9.91. The first kappa shape index (κ1) is 15.4. The van der Waals surface area contributed by atoms with E-state index in [1.165, 1.54) is 6.42 Å². The normalized spacial score (nSPS) is 23.2. The Labute approximate surface area is 122 Å². The third-order valence-electron chi connectivity index (χ3n) is 4.13. The van der Waals surface area contributed by atoms with Crippen LogP contribution in [-0.2, 0) is 13.0 Å². The zero-order valence-corrected chi connectivity index (χ0v) is 12.8. The topological polar surface area (TPSA) is 49.2 Å². The Morgan fingerprint density at radius 3 is 2.50 bits per heavy atom. The van der Waals surface area contributed by atoms with Crippen LogP contribution in [0.5, 0.6) is 0 Å². The molecule has 1 aromatic rings. The molecule has 0 radical (unpaired) electrons. The maximum absolute atomic E-state index is 10.3. The minimum absolute atomic E-state index is 0.175. The number of aliphatic hydroxyl groups excluding tert-OH is 1. The summed E-state index contributed by atoms with van der Waals surface area (Å²) < 4.78 is 0. The molecule has 1 saturated carbocycles. The first-order valence-electron chi connectivity index (χ1n) is 7.96. The van der Waals surface area contributed by atoms with Gasteiger partial charge in [0.25, 0.3) is 0 Å². The zero-order valence-electron chi connectivity index (χ0n) is 12.8. The van der Waals surface area contributed by atoms with Gasteiger partial charge in [-0.25, -0.2) is 9.97 Å². The standard InChI is InChI=1S/C16H27N3O/c1-3-9-19(14-7-5-6-8-15(14)20)12-13-10-17-16(4-2)18-11-13/h10-11,14-15,20H,3-9,12H2,1-2H3/t14-,15-/m1/s1. The maximum atomic E-state index is 10.3. The summed E-state index contributed by atoms with van der Waals surface area (Å²) in [6.07, 6.45) is 10.1. The quantitative estimate of drug-likeness (QED) is 0.868. The summed E-state index contributed by atoms with van der Waals surface area (Å²) in [6.45, 7) is 6.13. The molecule has 0 saturated heterocycles. The van der Waals surface area contributed by atoms with Crippen molar-refractivity contribution >= 4 is 0 Å². The van der Waals surface area contributed by atoms with Gasteiger partial charge in [-0.2, -0.15) is 0 Å². The van der Waals surface area contributed by atoms with E-state index in [4.69, 9.17) is 0 Å². The molecule has 1 aliphatic rings. The van der Waals surface area contributed by atoms with Crippen molar-refractivity contribution in [2.45, 2.75) is 71.1 Å². The van der Waals surface area contributed by atoms with Gasteiger partial charge in [0, 0.05) is 37.0 Å². The van der Waals surface area contributed by atoms with E-state index in [1.54, 1.807) is 0 Å². The average Bonchev–Trinajstić information content (AvgIpc) is 2.48. The molecule has 4 heteroatoms. The number of rotatable bonds is 6. The van der Waals surface area contributed by atoms with Gasteiger partial charge in [0.05, 0.1) is 6.10 Å². The number of aliphatic hydroxyl groups is 1. The van der Waals surface area contributed by atoms with Crippen molar-refractivity contribution in [3.8, 4) is 0 Å². The summed E-state index contributed by atoms with van der Waals surface area (Å²) >= 11 is 0. The fourth-order valence-corrected chi connectivity index (χ4v) is 3.05. The van der Waals surface area contributed by atoms with Crippen molar-refractivity contribution in [3.63, 3.8) is 0 Å². The molecular formula is C16H27N3O. The molecular weight excluding hydrogens is 250 g/mol. The van der Waals surface area contributed by atoms with Crippen LogP contribution in [0.15, 0.2) is 12.4 Å². The predicted molar refractivity (Wildman–Crippen MR) is 80.4 cm³/mol. The second kappa shape index (κ2) is 7.70.